The molecule has 172 valence electrons. The number of nitrogens with zero attached hydrogens (tertiary/aromatic N) is 2. The van der Waals surface area contributed by atoms with Gasteiger partial charge >= 0.3 is 0 Å². The van der Waals surface area contributed by atoms with E-state index in [1.54, 1.807) is 16.2 Å². The number of fused-ring (bicyclic) bond motifs is 1. The molecule has 0 N–H and O–H groups in total. The zero-order valence-electron chi connectivity index (χ0n) is 19.2. The standard InChI is InChI=1S/C27H30N2O3S/c1-3-14-28(27(31)21-9-7-8-20(2)17-21)18-26(30)29-15-12-25-23(13-16-33-25)24(29)19-32-22-10-5-4-6-11-22/h4-11,13,16-17,24H,3,12,14-15,18-19H2,1-2H3/t24-/m1/s1. The van der Waals surface area contributed by atoms with E-state index in [1.165, 1.54) is 4.88 Å². The molecular weight excluding hydrogens is 432 g/mol. The number of carbonyl (C=O) groups excluding carboxylic acids is 2. The van der Waals surface area contributed by atoms with Gasteiger partial charge in [-0.2, -0.15) is 0 Å². The number of ether oxygens (including phenoxy) is 1. The summed E-state index contributed by atoms with van der Waals surface area (Å²) in [7, 11) is 0. The Balaban J connectivity index is 1.52. The van der Waals surface area contributed by atoms with Crippen LogP contribution in [0.25, 0.3) is 0 Å². The fraction of sp³-hybridized carbons (Fsp3) is 0.333. The minimum atomic E-state index is -0.162. The second-order valence-corrected chi connectivity index (χ2v) is 9.37. The third kappa shape index (κ3) is 5.45. The Kier molecular flexibility index (Phi) is 7.45. The minimum Gasteiger partial charge on any atom is -0.491 e. The third-order valence-corrected chi connectivity index (χ3v) is 6.93. The molecule has 1 aliphatic rings. The van der Waals surface area contributed by atoms with Gasteiger partial charge in [0, 0.05) is 23.5 Å². The number of aryl methyl sites for hydroxylation is 1. The summed E-state index contributed by atoms with van der Waals surface area (Å²) in [6.45, 7) is 5.63. The monoisotopic (exact) mass is 462 g/mol. The molecule has 0 bridgehead atoms. The molecule has 0 unspecified atom stereocenters. The molecule has 4 rings (SSSR count). The van der Waals surface area contributed by atoms with Crippen LogP contribution in [0.15, 0.2) is 66.0 Å². The number of thiophene rings is 1. The van der Waals surface area contributed by atoms with Crippen LogP contribution in [-0.4, -0.2) is 47.9 Å². The quantitative estimate of drug-likeness (QED) is 0.467. The van der Waals surface area contributed by atoms with Gasteiger partial charge in [-0.3, -0.25) is 9.59 Å². The van der Waals surface area contributed by atoms with Crippen molar-refractivity contribution in [2.24, 2.45) is 0 Å². The van der Waals surface area contributed by atoms with Crippen LogP contribution in [0.3, 0.4) is 0 Å². The van der Waals surface area contributed by atoms with E-state index in [1.807, 2.05) is 73.3 Å². The Hall–Kier alpha value is -3.12. The van der Waals surface area contributed by atoms with Gasteiger partial charge in [-0.05, 0) is 61.0 Å². The SMILES string of the molecule is CCCN(CC(=O)N1CCc2sccc2[C@H]1COc1ccccc1)C(=O)c1cccc(C)c1. The van der Waals surface area contributed by atoms with E-state index in [4.69, 9.17) is 4.74 Å². The van der Waals surface area contributed by atoms with Gasteiger partial charge in [0.15, 0.2) is 0 Å². The summed E-state index contributed by atoms with van der Waals surface area (Å²) < 4.78 is 6.06. The Labute approximate surface area is 199 Å². The molecule has 2 amide bonds. The highest BCUT2D eigenvalue weighted by molar-refractivity contribution is 7.10. The molecule has 0 fully saturated rings. The van der Waals surface area contributed by atoms with Gasteiger partial charge in [-0.15, -0.1) is 11.3 Å². The van der Waals surface area contributed by atoms with Crippen molar-refractivity contribution in [3.8, 4) is 5.75 Å². The molecule has 5 nitrogen and oxygen atoms in total. The number of hydrogen-bond donors (Lipinski definition) is 0. The summed E-state index contributed by atoms with van der Waals surface area (Å²) in [5.41, 5.74) is 2.81. The summed E-state index contributed by atoms with van der Waals surface area (Å²) in [4.78, 5) is 31.6. The first-order chi connectivity index (χ1) is 16.1. The van der Waals surface area contributed by atoms with Crippen LogP contribution in [0.5, 0.6) is 5.75 Å². The molecule has 0 aliphatic carbocycles. The zero-order chi connectivity index (χ0) is 23.2. The van der Waals surface area contributed by atoms with E-state index < -0.39 is 0 Å². The molecule has 0 saturated carbocycles. The van der Waals surface area contributed by atoms with Gasteiger partial charge < -0.3 is 14.5 Å². The van der Waals surface area contributed by atoms with Crippen LogP contribution in [0.4, 0.5) is 0 Å². The van der Waals surface area contributed by atoms with Crippen molar-refractivity contribution in [1.29, 1.82) is 0 Å². The molecule has 6 heteroatoms. The van der Waals surface area contributed by atoms with Crippen LogP contribution in [0.2, 0.25) is 0 Å². The van der Waals surface area contributed by atoms with Crippen molar-refractivity contribution in [2.75, 3.05) is 26.2 Å². The van der Waals surface area contributed by atoms with Crippen molar-refractivity contribution in [1.82, 2.24) is 9.80 Å². The lowest BCUT2D eigenvalue weighted by Crippen LogP contribution is -2.48. The first-order valence-corrected chi connectivity index (χ1v) is 12.3. The van der Waals surface area contributed by atoms with E-state index >= 15 is 0 Å². The van der Waals surface area contributed by atoms with Crippen molar-refractivity contribution < 1.29 is 14.3 Å². The fourth-order valence-electron chi connectivity index (χ4n) is 4.30. The number of rotatable bonds is 8. The number of benzene rings is 2. The predicted octanol–water partition coefficient (Wildman–Crippen LogP) is 5.11. The summed E-state index contributed by atoms with van der Waals surface area (Å²) in [6, 6.07) is 19.2. The number of amides is 2. The first kappa shape index (κ1) is 23.1. The van der Waals surface area contributed by atoms with Crippen LogP contribution >= 0.6 is 11.3 Å². The molecule has 2 heterocycles. The van der Waals surface area contributed by atoms with Crippen LogP contribution in [0, 0.1) is 6.92 Å². The Morgan fingerprint density at radius 2 is 1.94 bits per heavy atom. The van der Waals surface area contributed by atoms with Gasteiger partial charge in [0.2, 0.25) is 5.91 Å². The summed E-state index contributed by atoms with van der Waals surface area (Å²) in [6.07, 6.45) is 1.63. The lowest BCUT2D eigenvalue weighted by atomic mass is 10.0. The van der Waals surface area contributed by atoms with Crippen LogP contribution in [-0.2, 0) is 11.2 Å². The van der Waals surface area contributed by atoms with E-state index in [0.717, 1.165) is 29.7 Å². The van der Waals surface area contributed by atoms with Gasteiger partial charge in [0.05, 0.1) is 6.04 Å². The molecule has 1 aromatic heterocycles. The van der Waals surface area contributed by atoms with E-state index in [0.29, 0.717) is 25.3 Å². The Morgan fingerprint density at radius 1 is 1.12 bits per heavy atom. The molecule has 1 aliphatic heterocycles. The third-order valence-electron chi connectivity index (χ3n) is 5.94. The molecule has 2 aromatic carbocycles. The van der Waals surface area contributed by atoms with Crippen LogP contribution < -0.4 is 4.74 Å². The van der Waals surface area contributed by atoms with Crippen LogP contribution in [0.1, 0.15) is 45.7 Å². The van der Waals surface area contributed by atoms with Gasteiger partial charge in [-0.25, -0.2) is 0 Å². The summed E-state index contributed by atoms with van der Waals surface area (Å²) >= 11 is 1.73. The maximum atomic E-state index is 13.5. The van der Waals surface area contributed by atoms with E-state index in [2.05, 4.69) is 11.4 Å². The molecule has 3 aromatic rings. The first-order valence-electron chi connectivity index (χ1n) is 11.5. The maximum Gasteiger partial charge on any atom is 0.254 e. The average molecular weight is 463 g/mol. The topological polar surface area (TPSA) is 49.9 Å². The predicted molar refractivity (Wildman–Crippen MR) is 132 cm³/mol. The summed E-state index contributed by atoms with van der Waals surface area (Å²) in [5.74, 6) is 0.650. The number of para-hydroxylation sites is 1. The second-order valence-electron chi connectivity index (χ2n) is 8.37. The fourth-order valence-corrected chi connectivity index (χ4v) is 5.23. The molecule has 1 atom stereocenters. The lowest BCUT2D eigenvalue weighted by Gasteiger charge is -2.37. The highest BCUT2D eigenvalue weighted by Gasteiger charge is 2.33. The van der Waals surface area contributed by atoms with Gasteiger partial charge in [0.1, 0.15) is 18.9 Å². The Bertz CT molecular complexity index is 1100. The van der Waals surface area contributed by atoms with Crippen molar-refractivity contribution in [3.63, 3.8) is 0 Å². The largest absolute Gasteiger partial charge is 0.491 e. The zero-order valence-corrected chi connectivity index (χ0v) is 20.0. The van der Waals surface area contributed by atoms with Crippen molar-refractivity contribution >= 4 is 23.2 Å². The molecule has 0 saturated heterocycles. The minimum absolute atomic E-state index is 0.0389. The molecule has 0 radical (unpaired) electrons. The lowest BCUT2D eigenvalue weighted by molar-refractivity contribution is -0.135. The summed E-state index contributed by atoms with van der Waals surface area (Å²) in [5, 5.41) is 2.08. The van der Waals surface area contributed by atoms with E-state index in [-0.39, 0.29) is 24.4 Å². The van der Waals surface area contributed by atoms with Gasteiger partial charge in [0.25, 0.3) is 5.91 Å². The number of hydrogen-bond acceptors (Lipinski definition) is 4. The number of carbonyl (C=O) groups is 2. The molecular formula is C27H30N2O3S. The highest BCUT2D eigenvalue weighted by Crippen LogP contribution is 2.34. The van der Waals surface area contributed by atoms with Crippen molar-refractivity contribution in [2.45, 2.75) is 32.7 Å². The molecule has 33 heavy (non-hydrogen) atoms. The maximum absolute atomic E-state index is 13.5. The highest BCUT2D eigenvalue weighted by atomic mass is 32.1. The van der Waals surface area contributed by atoms with Gasteiger partial charge in [-0.1, -0.05) is 42.8 Å². The molecule has 0 spiro atoms. The smallest absolute Gasteiger partial charge is 0.254 e. The normalized spacial score (nSPS) is 15.1. The van der Waals surface area contributed by atoms with E-state index in [9.17, 15) is 9.59 Å². The Morgan fingerprint density at radius 3 is 2.70 bits per heavy atom. The average Bonchev–Trinajstić information content (AvgIpc) is 3.31. The van der Waals surface area contributed by atoms with Crippen molar-refractivity contribution in [3.05, 3.63) is 87.6 Å². The second kappa shape index (κ2) is 10.7.